The van der Waals surface area contributed by atoms with Gasteiger partial charge in [0.2, 0.25) is 5.67 Å². The number of aliphatic carboxylic acids is 1. The van der Waals surface area contributed by atoms with Crippen LogP contribution in [-0.2, 0) is 10.5 Å². The molecular formula is C10H10F2O2. The molecule has 0 bridgehead atoms. The molecule has 0 aliphatic heterocycles. The number of alkyl halides is 1. The van der Waals surface area contributed by atoms with Crippen molar-refractivity contribution in [1.82, 2.24) is 0 Å². The van der Waals surface area contributed by atoms with E-state index in [2.05, 4.69) is 0 Å². The molecule has 0 spiro atoms. The second-order valence-corrected chi connectivity index (χ2v) is 3.24. The van der Waals surface area contributed by atoms with Gasteiger partial charge in [-0.05, 0) is 25.5 Å². The van der Waals surface area contributed by atoms with Crippen molar-refractivity contribution in [2.24, 2.45) is 0 Å². The summed E-state index contributed by atoms with van der Waals surface area (Å²) in [6, 6.07) is 3.92. The largest absolute Gasteiger partial charge is 0.479 e. The number of hydrogen-bond acceptors (Lipinski definition) is 1. The number of carbonyl (C=O) groups is 1. The maximum Gasteiger partial charge on any atom is 0.346 e. The molecule has 0 aliphatic carbocycles. The van der Waals surface area contributed by atoms with Crippen molar-refractivity contribution in [1.29, 1.82) is 0 Å². The fraction of sp³-hybridized carbons (Fsp3) is 0.300. The molecule has 1 aromatic rings. The molecule has 76 valence electrons. The van der Waals surface area contributed by atoms with Gasteiger partial charge < -0.3 is 5.11 Å². The molecule has 0 amide bonds. The molecule has 0 aromatic heterocycles. The quantitative estimate of drug-likeness (QED) is 0.795. The first-order valence-corrected chi connectivity index (χ1v) is 4.05. The smallest absolute Gasteiger partial charge is 0.346 e. The van der Waals surface area contributed by atoms with Crippen molar-refractivity contribution in [3.63, 3.8) is 0 Å². The van der Waals surface area contributed by atoms with Crippen molar-refractivity contribution in [3.05, 3.63) is 35.1 Å². The highest BCUT2D eigenvalue weighted by Crippen LogP contribution is 2.30. The van der Waals surface area contributed by atoms with Gasteiger partial charge in [-0.25, -0.2) is 13.6 Å². The van der Waals surface area contributed by atoms with Crippen LogP contribution >= 0.6 is 0 Å². The topological polar surface area (TPSA) is 37.3 Å². The van der Waals surface area contributed by atoms with Gasteiger partial charge in [-0.15, -0.1) is 0 Å². The minimum absolute atomic E-state index is 0.289. The van der Waals surface area contributed by atoms with Gasteiger partial charge in [0.25, 0.3) is 0 Å². The predicted octanol–water partition coefficient (Wildman–Crippen LogP) is 2.40. The molecule has 0 heterocycles. The molecule has 4 heteroatoms. The lowest BCUT2D eigenvalue weighted by molar-refractivity contribution is -0.150. The molecule has 1 atom stereocenters. The van der Waals surface area contributed by atoms with E-state index in [1.807, 2.05) is 0 Å². The summed E-state index contributed by atoms with van der Waals surface area (Å²) in [5.41, 5.74) is -2.81. The Morgan fingerprint density at radius 1 is 1.50 bits per heavy atom. The van der Waals surface area contributed by atoms with Crippen LogP contribution in [0.3, 0.4) is 0 Å². The Morgan fingerprint density at radius 3 is 2.50 bits per heavy atom. The van der Waals surface area contributed by atoms with Crippen molar-refractivity contribution in [2.75, 3.05) is 0 Å². The highest BCUT2D eigenvalue weighted by Gasteiger charge is 2.38. The van der Waals surface area contributed by atoms with Crippen LogP contribution in [0.5, 0.6) is 0 Å². The standard InChI is InChI=1S/C10H10F2O2/c1-6-4-3-5-7(11)8(6)10(2,12)9(13)14/h3-5H,1-2H3,(H,13,14). The lowest BCUT2D eigenvalue weighted by atomic mass is 9.93. The van der Waals surface area contributed by atoms with E-state index >= 15 is 0 Å². The summed E-state index contributed by atoms with van der Waals surface area (Å²) in [6.07, 6.45) is 0. The summed E-state index contributed by atoms with van der Waals surface area (Å²) in [6.45, 7) is 2.31. The maximum absolute atomic E-state index is 13.6. The minimum Gasteiger partial charge on any atom is -0.479 e. The number of carboxylic acid groups (broad SMARTS) is 1. The third-order valence-electron chi connectivity index (χ3n) is 2.09. The van der Waals surface area contributed by atoms with Crippen LogP contribution in [0.1, 0.15) is 18.1 Å². The third-order valence-corrected chi connectivity index (χ3v) is 2.09. The van der Waals surface area contributed by atoms with E-state index in [9.17, 15) is 13.6 Å². The second kappa shape index (κ2) is 3.36. The SMILES string of the molecule is Cc1cccc(F)c1C(C)(F)C(=O)O. The molecule has 1 rings (SSSR count). The van der Waals surface area contributed by atoms with Gasteiger partial charge in [-0.3, -0.25) is 0 Å². The average molecular weight is 200 g/mol. The van der Waals surface area contributed by atoms with Gasteiger partial charge in [0.1, 0.15) is 5.82 Å². The number of halogens is 2. The molecule has 1 unspecified atom stereocenters. The van der Waals surface area contributed by atoms with Crippen LogP contribution in [0.15, 0.2) is 18.2 Å². The molecule has 1 N–H and O–H groups in total. The van der Waals surface area contributed by atoms with Crippen LogP contribution in [0.2, 0.25) is 0 Å². The number of aryl methyl sites for hydroxylation is 1. The lowest BCUT2D eigenvalue weighted by Gasteiger charge is -2.18. The van der Waals surface area contributed by atoms with E-state index in [4.69, 9.17) is 5.11 Å². The molecule has 1 aromatic carbocycles. The van der Waals surface area contributed by atoms with E-state index in [1.54, 1.807) is 0 Å². The minimum atomic E-state index is -2.69. The van der Waals surface area contributed by atoms with Gasteiger partial charge in [-0.2, -0.15) is 0 Å². The van der Waals surface area contributed by atoms with Crippen molar-refractivity contribution < 1.29 is 18.7 Å². The van der Waals surface area contributed by atoms with Gasteiger partial charge in [0, 0.05) is 5.56 Å². The van der Waals surface area contributed by atoms with E-state index in [1.165, 1.54) is 19.1 Å². The maximum atomic E-state index is 13.6. The van der Waals surface area contributed by atoms with Crippen molar-refractivity contribution in [3.8, 4) is 0 Å². The van der Waals surface area contributed by atoms with Crippen LogP contribution in [0.25, 0.3) is 0 Å². The zero-order valence-corrected chi connectivity index (χ0v) is 7.84. The first-order chi connectivity index (χ1) is 6.37. The van der Waals surface area contributed by atoms with Crippen LogP contribution in [0.4, 0.5) is 8.78 Å². The number of benzene rings is 1. The molecule has 14 heavy (non-hydrogen) atoms. The molecule has 2 nitrogen and oxygen atoms in total. The molecule has 0 aliphatic rings. The molecular weight excluding hydrogens is 190 g/mol. The van der Waals surface area contributed by atoms with Gasteiger partial charge >= 0.3 is 5.97 Å². The molecule has 0 saturated heterocycles. The predicted molar refractivity (Wildman–Crippen MR) is 47.2 cm³/mol. The Hall–Kier alpha value is -1.45. The van der Waals surface area contributed by atoms with Crippen molar-refractivity contribution in [2.45, 2.75) is 19.5 Å². The summed E-state index contributed by atoms with van der Waals surface area (Å²) in [7, 11) is 0. The summed E-state index contributed by atoms with van der Waals surface area (Å²) in [4.78, 5) is 10.6. The number of hydrogen-bond donors (Lipinski definition) is 1. The third kappa shape index (κ3) is 1.60. The Morgan fingerprint density at radius 2 is 2.07 bits per heavy atom. The fourth-order valence-electron chi connectivity index (χ4n) is 1.33. The normalized spacial score (nSPS) is 14.9. The summed E-state index contributed by atoms with van der Waals surface area (Å²) in [5, 5.41) is 8.60. The first kappa shape index (κ1) is 10.6. The van der Waals surface area contributed by atoms with E-state index < -0.39 is 23.0 Å². The Kier molecular flexibility index (Phi) is 2.55. The van der Waals surface area contributed by atoms with E-state index in [-0.39, 0.29) is 5.56 Å². The Labute approximate surface area is 80.2 Å². The highest BCUT2D eigenvalue weighted by atomic mass is 19.1. The fourth-order valence-corrected chi connectivity index (χ4v) is 1.33. The number of rotatable bonds is 2. The average Bonchev–Trinajstić information content (AvgIpc) is 2.02. The van der Waals surface area contributed by atoms with Crippen molar-refractivity contribution >= 4 is 5.97 Å². The molecule has 0 fully saturated rings. The summed E-state index contributed by atoms with van der Waals surface area (Å²) in [5.74, 6) is -2.52. The van der Waals surface area contributed by atoms with Crippen LogP contribution < -0.4 is 0 Å². The molecule has 0 saturated carbocycles. The van der Waals surface area contributed by atoms with Crippen LogP contribution in [-0.4, -0.2) is 11.1 Å². The van der Waals surface area contributed by atoms with Gasteiger partial charge in [0.15, 0.2) is 0 Å². The summed E-state index contributed by atoms with van der Waals surface area (Å²) < 4.78 is 26.8. The van der Waals surface area contributed by atoms with E-state index in [0.29, 0.717) is 0 Å². The number of carboxylic acids is 1. The highest BCUT2D eigenvalue weighted by molar-refractivity contribution is 5.79. The van der Waals surface area contributed by atoms with Gasteiger partial charge in [0.05, 0.1) is 0 Å². The van der Waals surface area contributed by atoms with Crippen LogP contribution in [0, 0.1) is 12.7 Å². The van der Waals surface area contributed by atoms with Gasteiger partial charge in [-0.1, -0.05) is 12.1 Å². The van der Waals surface area contributed by atoms with E-state index in [0.717, 1.165) is 13.0 Å². The lowest BCUT2D eigenvalue weighted by Crippen LogP contribution is -2.29. The monoisotopic (exact) mass is 200 g/mol. The molecule has 0 radical (unpaired) electrons. The second-order valence-electron chi connectivity index (χ2n) is 3.24. The Balaban J connectivity index is 3.38. The first-order valence-electron chi connectivity index (χ1n) is 4.05. The Bertz CT molecular complexity index is 352. The zero-order valence-electron chi connectivity index (χ0n) is 7.84. The zero-order chi connectivity index (χ0) is 10.9. The summed E-state index contributed by atoms with van der Waals surface area (Å²) >= 11 is 0.